The molecule has 0 radical (unpaired) electrons. The Labute approximate surface area is 110 Å². The summed E-state index contributed by atoms with van der Waals surface area (Å²) in [5.41, 5.74) is 0.711. The Morgan fingerprint density at radius 3 is 3.06 bits per heavy atom. The van der Waals surface area contributed by atoms with Gasteiger partial charge in [-0.15, -0.1) is 0 Å². The maximum absolute atomic E-state index is 13.0. The Kier molecular flexibility index (Phi) is 4.32. The van der Waals surface area contributed by atoms with Crippen LogP contribution >= 0.6 is 11.6 Å². The molecular formula is C13H15ClFNO2. The van der Waals surface area contributed by atoms with Gasteiger partial charge in [0.2, 0.25) is 0 Å². The van der Waals surface area contributed by atoms with Gasteiger partial charge in [0.1, 0.15) is 11.9 Å². The topological polar surface area (TPSA) is 29.5 Å². The zero-order chi connectivity index (χ0) is 13.1. The van der Waals surface area contributed by atoms with Crippen LogP contribution in [-0.4, -0.2) is 43.5 Å². The molecule has 18 heavy (non-hydrogen) atoms. The van der Waals surface area contributed by atoms with E-state index in [0.29, 0.717) is 18.7 Å². The van der Waals surface area contributed by atoms with Gasteiger partial charge in [-0.25, -0.2) is 4.39 Å². The summed E-state index contributed by atoms with van der Waals surface area (Å²) in [5.74, 6) is -0.467. The highest BCUT2D eigenvalue weighted by atomic mass is 35.5. The van der Waals surface area contributed by atoms with E-state index in [4.69, 9.17) is 16.3 Å². The smallest absolute Gasteiger partial charge is 0.167 e. The number of ketones is 1. The molecule has 1 aliphatic rings. The summed E-state index contributed by atoms with van der Waals surface area (Å²) in [5, 5.41) is 0.0435. The van der Waals surface area contributed by atoms with E-state index in [1.165, 1.54) is 12.1 Å². The first-order chi connectivity index (χ1) is 8.56. The second-order valence-corrected chi connectivity index (χ2v) is 4.92. The average molecular weight is 272 g/mol. The number of likely N-dealkylation sites (N-methyl/N-ethyl adjacent to an activating group) is 1. The molecule has 0 amide bonds. The van der Waals surface area contributed by atoms with Crippen molar-refractivity contribution in [2.75, 3.05) is 26.7 Å². The molecule has 5 heteroatoms. The number of hydrogen-bond acceptors (Lipinski definition) is 3. The molecule has 0 bridgehead atoms. The standard InChI is InChI=1S/C13H15ClFNO2/c1-16-4-5-18-13(8-16)12(17)7-9-2-3-11(15)10(14)6-9/h2-3,6,13H,4-5,7-8H2,1H3. The quantitative estimate of drug-likeness (QED) is 0.841. The molecule has 1 unspecified atom stereocenters. The van der Waals surface area contributed by atoms with Crippen molar-refractivity contribution < 1.29 is 13.9 Å². The normalized spacial score (nSPS) is 20.9. The summed E-state index contributed by atoms with van der Waals surface area (Å²) in [6.07, 6.45) is -0.175. The molecule has 1 aliphatic heterocycles. The largest absolute Gasteiger partial charge is 0.368 e. The van der Waals surface area contributed by atoms with Crippen LogP contribution in [0.2, 0.25) is 5.02 Å². The molecule has 0 aromatic heterocycles. The van der Waals surface area contributed by atoms with Crippen LogP contribution in [0.25, 0.3) is 0 Å². The van der Waals surface area contributed by atoms with Crippen molar-refractivity contribution in [2.45, 2.75) is 12.5 Å². The molecule has 0 saturated carbocycles. The van der Waals surface area contributed by atoms with Gasteiger partial charge in [-0.05, 0) is 24.7 Å². The molecule has 1 fully saturated rings. The van der Waals surface area contributed by atoms with Crippen LogP contribution in [0.15, 0.2) is 18.2 Å². The Balaban J connectivity index is 2.00. The van der Waals surface area contributed by atoms with E-state index in [1.807, 2.05) is 7.05 Å². The Morgan fingerprint density at radius 2 is 2.39 bits per heavy atom. The fourth-order valence-electron chi connectivity index (χ4n) is 1.94. The third-order valence-corrected chi connectivity index (χ3v) is 3.28. The van der Waals surface area contributed by atoms with E-state index in [9.17, 15) is 9.18 Å². The maximum Gasteiger partial charge on any atom is 0.167 e. The molecule has 3 nitrogen and oxygen atoms in total. The molecule has 1 aromatic rings. The van der Waals surface area contributed by atoms with Crippen molar-refractivity contribution in [3.8, 4) is 0 Å². The number of nitrogens with zero attached hydrogens (tertiary/aromatic N) is 1. The van der Waals surface area contributed by atoms with Gasteiger partial charge >= 0.3 is 0 Å². The van der Waals surface area contributed by atoms with Crippen molar-refractivity contribution in [1.82, 2.24) is 4.90 Å². The molecular weight excluding hydrogens is 257 g/mol. The lowest BCUT2D eigenvalue weighted by Crippen LogP contribution is -2.44. The number of rotatable bonds is 3. The molecule has 1 atom stereocenters. The number of ether oxygens (including phenoxy) is 1. The Bertz CT molecular complexity index is 453. The summed E-state index contributed by atoms with van der Waals surface area (Å²) in [6.45, 7) is 2.01. The van der Waals surface area contributed by atoms with Gasteiger partial charge in [0.25, 0.3) is 0 Å². The molecule has 1 heterocycles. The third kappa shape index (κ3) is 3.28. The van der Waals surface area contributed by atoms with Crippen LogP contribution in [0, 0.1) is 5.82 Å². The highest BCUT2D eigenvalue weighted by Gasteiger charge is 2.24. The minimum atomic E-state index is -0.471. The molecule has 2 rings (SSSR count). The van der Waals surface area contributed by atoms with E-state index < -0.39 is 11.9 Å². The minimum absolute atomic E-state index is 0.00391. The molecule has 1 aromatic carbocycles. The van der Waals surface area contributed by atoms with Crippen LogP contribution in [0.1, 0.15) is 5.56 Å². The number of carbonyl (C=O) groups excluding carboxylic acids is 1. The van der Waals surface area contributed by atoms with Gasteiger partial charge in [0.05, 0.1) is 11.6 Å². The zero-order valence-corrected chi connectivity index (χ0v) is 10.9. The number of halogens is 2. The monoisotopic (exact) mass is 271 g/mol. The summed E-state index contributed by atoms with van der Waals surface area (Å²) in [6, 6.07) is 4.34. The summed E-state index contributed by atoms with van der Waals surface area (Å²) in [7, 11) is 1.96. The lowest BCUT2D eigenvalue weighted by atomic mass is 10.0. The van der Waals surface area contributed by atoms with Crippen LogP contribution < -0.4 is 0 Å². The minimum Gasteiger partial charge on any atom is -0.368 e. The van der Waals surface area contributed by atoms with Crippen molar-refractivity contribution in [1.29, 1.82) is 0 Å². The third-order valence-electron chi connectivity index (χ3n) is 2.99. The zero-order valence-electron chi connectivity index (χ0n) is 10.2. The van der Waals surface area contributed by atoms with Gasteiger partial charge in [-0.1, -0.05) is 17.7 Å². The van der Waals surface area contributed by atoms with Gasteiger partial charge < -0.3 is 9.64 Å². The number of hydrogen-bond donors (Lipinski definition) is 0. The number of Topliss-reactive ketones (excluding diaryl/α,β-unsaturated/α-hetero) is 1. The van der Waals surface area contributed by atoms with Crippen LogP contribution in [0.5, 0.6) is 0 Å². The van der Waals surface area contributed by atoms with Crippen LogP contribution in [0.4, 0.5) is 4.39 Å². The van der Waals surface area contributed by atoms with Gasteiger partial charge in [0.15, 0.2) is 5.78 Å². The van der Waals surface area contributed by atoms with Crippen molar-refractivity contribution in [3.63, 3.8) is 0 Å². The van der Waals surface area contributed by atoms with Crippen molar-refractivity contribution in [2.24, 2.45) is 0 Å². The van der Waals surface area contributed by atoms with E-state index in [1.54, 1.807) is 6.07 Å². The number of morpholine rings is 1. The summed E-state index contributed by atoms with van der Waals surface area (Å²) in [4.78, 5) is 14.1. The van der Waals surface area contributed by atoms with E-state index in [0.717, 1.165) is 6.54 Å². The summed E-state index contributed by atoms with van der Waals surface area (Å²) < 4.78 is 18.4. The molecule has 1 saturated heterocycles. The van der Waals surface area contributed by atoms with Crippen LogP contribution in [-0.2, 0) is 16.0 Å². The first kappa shape index (κ1) is 13.5. The maximum atomic E-state index is 13.0. The van der Waals surface area contributed by atoms with Gasteiger partial charge in [0, 0.05) is 19.5 Å². The fourth-order valence-corrected chi connectivity index (χ4v) is 2.14. The van der Waals surface area contributed by atoms with Crippen molar-refractivity contribution >= 4 is 17.4 Å². The van der Waals surface area contributed by atoms with E-state index in [2.05, 4.69) is 4.90 Å². The number of benzene rings is 1. The molecule has 98 valence electrons. The lowest BCUT2D eigenvalue weighted by molar-refractivity contribution is -0.134. The second-order valence-electron chi connectivity index (χ2n) is 4.51. The van der Waals surface area contributed by atoms with E-state index >= 15 is 0 Å². The molecule has 0 aliphatic carbocycles. The predicted molar refractivity (Wildman–Crippen MR) is 67.4 cm³/mol. The van der Waals surface area contributed by atoms with Gasteiger partial charge in [-0.2, -0.15) is 0 Å². The summed E-state index contributed by atoms with van der Waals surface area (Å²) >= 11 is 5.68. The van der Waals surface area contributed by atoms with Crippen molar-refractivity contribution in [3.05, 3.63) is 34.6 Å². The number of carbonyl (C=O) groups is 1. The first-order valence-corrected chi connectivity index (χ1v) is 6.21. The molecule has 0 spiro atoms. The second kappa shape index (κ2) is 5.78. The van der Waals surface area contributed by atoms with Gasteiger partial charge in [-0.3, -0.25) is 4.79 Å². The average Bonchev–Trinajstić information content (AvgIpc) is 2.34. The lowest BCUT2D eigenvalue weighted by Gasteiger charge is -2.29. The Morgan fingerprint density at radius 1 is 1.61 bits per heavy atom. The Hall–Kier alpha value is -0.970. The predicted octanol–water partition coefficient (Wildman–Crippen LogP) is 1.92. The highest BCUT2D eigenvalue weighted by molar-refractivity contribution is 6.30. The van der Waals surface area contributed by atoms with E-state index in [-0.39, 0.29) is 17.2 Å². The fraction of sp³-hybridized carbons (Fsp3) is 0.462. The highest BCUT2D eigenvalue weighted by Crippen LogP contribution is 2.17. The first-order valence-electron chi connectivity index (χ1n) is 5.83. The SMILES string of the molecule is CN1CCOC(C(=O)Cc2ccc(F)c(Cl)c2)C1. The molecule has 0 N–H and O–H groups in total. The van der Waals surface area contributed by atoms with Crippen LogP contribution in [0.3, 0.4) is 0 Å².